The number of rotatable bonds is 3. The van der Waals surface area contributed by atoms with Crippen molar-refractivity contribution < 1.29 is 40.7 Å². The summed E-state index contributed by atoms with van der Waals surface area (Å²) < 4.78 is 82.0. The summed E-state index contributed by atoms with van der Waals surface area (Å²) in [5, 5.41) is 2.19. The standard InChI is InChI=1S/C17H10ClF6NO3/c1-28-15(27)12-7-11(18)2-3-13(12)25-14(26)8-4-9(16(19,20)21)6-10(5-8)17(22,23)24/h2-7H,1H3,(H,25,26). The minimum atomic E-state index is -5.10. The predicted octanol–water partition coefficient (Wildman–Crippen LogP) is 5.42. The molecule has 0 spiro atoms. The largest absolute Gasteiger partial charge is 0.465 e. The van der Waals surface area contributed by atoms with Crippen LogP contribution in [0.4, 0.5) is 32.0 Å². The van der Waals surface area contributed by atoms with Crippen molar-refractivity contribution in [2.75, 3.05) is 12.4 Å². The summed E-state index contributed by atoms with van der Waals surface area (Å²) in [7, 11) is 1.04. The van der Waals surface area contributed by atoms with Gasteiger partial charge in [0, 0.05) is 10.6 Å². The second-order valence-electron chi connectivity index (χ2n) is 5.43. The molecule has 0 fully saturated rings. The van der Waals surface area contributed by atoms with Gasteiger partial charge < -0.3 is 10.1 Å². The molecular weight excluding hydrogens is 416 g/mol. The lowest BCUT2D eigenvalue weighted by atomic mass is 10.0. The first-order chi connectivity index (χ1) is 12.8. The van der Waals surface area contributed by atoms with Gasteiger partial charge in [0.2, 0.25) is 0 Å². The van der Waals surface area contributed by atoms with Crippen LogP contribution < -0.4 is 5.32 Å². The van der Waals surface area contributed by atoms with Crippen molar-refractivity contribution in [3.63, 3.8) is 0 Å². The molecule has 150 valence electrons. The molecule has 0 radical (unpaired) electrons. The molecule has 0 heterocycles. The SMILES string of the molecule is COC(=O)c1cc(Cl)ccc1NC(=O)c1cc(C(F)(F)F)cc(C(F)(F)F)c1. The molecule has 2 aromatic carbocycles. The highest BCUT2D eigenvalue weighted by molar-refractivity contribution is 6.31. The first-order valence-corrected chi connectivity index (χ1v) is 7.69. The Balaban J connectivity index is 2.49. The minimum Gasteiger partial charge on any atom is -0.465 e. The van der Waals surface area contributed by atoms with Gasteiger partial charge in [-0.15, -0.1) is 0 Å². The molecule has 1 amide bonds. The van der Waals surface area contributed by atoms with Crippen LogP contribution in [0.5, 0.6) is 0 Å². The summed E-state index contributed by atoms with van der Waals surface area (Å²) >= 11 is 5.74. The molecule has 2 rings (SSSR count). The molecule has 11 heteroatoms. The van der Waals surface area contributed by atoms with Crippen LogP contribution in [0, 0.1) is 0 Å². The van der Waals surface area contributed by atoms with Crippen LogP contribution >= 0.6 is 11.6 Å². The Bertz CT molecular complexity index is 892. The maximum atomic E-state index is 12.9. The average molecular weight is 426 g/mol. The zero-order valence-corrected chi connectivity index (χ0v) is 14.6. The summed E-state index contributed by atoms with van der Waals surface area (Å²) in [5.74, 6) is -2.21. The number of carbonyl (C=O) groups is 2. The zero-order chi connectivity index (χ0) is 21.3. The molecule has 0 aliphatic rings. The smallest absolute Gasteiger partial charge is 0.416 e. The Morgan fingerprint density at radius 1 is 0.929 bits per heavy atom. The lowest BCUT2D eigenvalue weighted by Gasteiger charge is -2.15. The maximum absolute atomic E-state index is 12.9. The van der Waals surface area contributed by atoms with E-state index in [1.54, 1.807) is 0 Å². The second kappa shape index (κ2) is 7.70. The van der Waals surface area contributed by atoms with Gasteiger partial charge in [-0.2, -0.15) is 26.3 Å². The summed E-state index contributed by atoms with van der Waals surface area (Å²) in [4.78, 5) is 24.0. The van der Waals surface area contributed by atoms with E-state index in [9.17, 15) is 35.9 Å². The molecular formula is C17H10ClF6NO3. The van der Waals surface area contributed by atoms with E-state index in [4.69, 9.17) is 11.6 Å². The number of alkyl halides is 6. The molecule has 0 saturated heterocycles. The normalized spacial score (nSPS) is 11.9. The number of carbonyl (C=O) groups excluding carboxylic acids is 2. The Morgan fingerprint density at radius 2 is 1.46 bits per heavy atom. The van der Waals surface area contributed by atoms with Gasteiger partial charge >= 0.3 is 18.3 Å². The van der Waals surface area contributed by atoms with Gasteiger partial charge in [0.15, 0.2) is 0 Å². The molecule has 1 N–H and O–H groups in total. The second-order valence-corrected chi connectivity index (χ2v) is 5.87. The number of amides is 1. The van der Waals surface area contributed by atoms with Crippen molar-refractivity contribution in [3.05, 3.63) is 63.7 Å². The quantitative estimate of drug-likeness (QED) is 0.528. The van der Waals surface area contributed by atoms with E-state index in [0.29, 0.717) is 0 Å². The number of methoxy groups -OCH3 is 1. The average Bonchev–Trinajstić information content (AvgIpc) is 2.60. The van der Waals surface area contributed by atoms with Crippen LogP contribution in [0.2, 0.25) is 5.02 Å². The van der Waals surface area contributed by atoms with Crippen LogP contribution in [-0.4, -0.2) is 19.0 Å². The van der Waals surface area contributed by atoms with Gasteiger partial charge in [-0.1, -0.05) is 11.6 Å². The highest BCUT2D eigenvalue weighted by Gasteiger charge is 2.37. The number of halogens is 7. The lowest BCUT2D eigenvalue weighted by molar-refractivity contribution is -0.143. The maximum Gasteiger partial charge on any atom is 0.416 e. The van der Waals surface area contributed by atoms with Crippen molar-refractivity contribution >= 4 is 29.2 Å². The molecule has 0 aromatic heterocycles. The highest BCUT2D eigenvalue weighted by atomic mass is 35.5. The van der Waals surface area contributed by atoms with Gasteiger partial charge in [-0.25, -0.2) is 4.79 Å². The molecule has 0 atom stereocenters. The van der Waals surface area contributed by atoms with Crippen LogP contribution in [0.1, 0.15) is 31.8 Å². The number of esters is 1. The van der Waals surface area contributed by atoms with Gasteiger partial charge in [0.05, 0.1) is 29.5 Å². The van der Waals surface area contributed by atoms with Gasteiger partial charge in [-0.3, -0.25) is 4.79 Å². The number of ether oxygens (including phenoxy) is 1. The molecule has 4 nitrogen and oxygen atoms in total. The van der Waals surface area contributed by atoms with Crippen LogP contribution in [-0.2, 0) is 17.1 Å². The van der Waals surface area contributed by atoms with E-state index < -0.39 is 40.9 Å². The number of nitrogens with one attached hydrogen (secondary N) is 1. The number of hydrogen-bond acceptors (Lipinski definition) is 3. The third-order valence-corrected chi connectivity index (χ3v) is 3.72. The van der Waals surface area contributed by atoms with Crippen molar-refractivity contribution in [1.29, 1.82) is 0 Å². The Kier molecular flexibility index (Phi) is 5.93. The van der Waals surface area contributed by atoms with E-state index in [0.717, 1.165) is 19.2 Å². The monoisotopic (exact) mass is 425 g/mol. The zero-order valence-electron chi connectivity index (χ0n) is 13.8. The number of anilines is 1. The van der Waals surface area contributed by atoms with E-state index in [1.807, 2.05) is 0 Å². The predicted molar refractivity (Wildman–Crippen MR) is 87.2 cm³/mol. The molecule has 0 aliphatic heterocycles. The van der Waals surface area contributed by atoms with Crippen molar-refractivity contribution in [3.8, 4) is 0 Å². The Labute approximate surface area is 159 Å². The molecule has 2 aromatic rings. The van der Waals surface area contributed by atoms with Gasteiger partial charge in [0.1, 0.15) is 0 Å². The van der Waals surface area contributed by atoms with E-state index in [1.165, 1.54) is 6.07 Å². The van der Waals surface area contributed by atoms with Gasteiger partial charge in [0.25, 0.3) is 5.91 Å². The fraction of sp³-hybridized carbons (Fsp3) is 0.176. The van der Waals surface area contributed by atoms with E-state index >= 15 is 0 Å². The Hall–Kier alpha value is -2.75. The minimum absolute atomic E-state index is 0.0943. The van der Waals surface area contributed by atoms with E-state index in [2.05, 4.69) is 10.1 Å². The molecule has 0 unspecified atom stereocenters. The number of benzene rings is 2. The lowest BCUT2D eigenvalue weighted by Crippen LogP contribution is -2.18. The first kappa shape index (κ1) is 21.5. The fourth-order valence-electron chi connectivity index (χ4n) is 2.18. The first-order valence-electron chi connectivity index (χ1n) is 7.31. The van der Waals surface area contributed by atoms with E-state index in [-0.39, 0.29) is 34.5 Å². The molecule has 0 bridgehead atoms. The summed E-state index contributed by atoms with van der Waals surface area (Å²) in [6, 6.07) is 3.99. The fourth-order valence-corrected chi connectivity index (χ4v) is 2.36. The van der Waals surface area contributed by atoms with Crippen LogP contribution in [0.25, 0.3) is 0 Å². The van der Waals surface area contributed by atoms with Crippen molar-refractivity contribution in [2.45, 2.75) is 12.4 Å². The summed E-state index contributed by atoms with van der Waals surface area (Å²) in [5.41, 5.74) is -4.61. The topological polar surface area (TPSA) is 55.4 Å². The third kappa shape index (κ3) is 4.94. The van der Waals surface area contributed by atoms with Gasteiger partial charge in [-0.05, 0) is 36.4 Å². The van der Waals surface area contributed by atoms with Crippen molar-refractivity contribution in [2.24, 2.45) is 0 Å². The summed E-state index contributed by atoms with van der Waals surface area (Å²) in [6.07, 6.45) is -10.2. The van der Waals surface area contributed by atoms with Crippen molar-refractivity contribution in [1.82, 2.24) is 0 Å². The third-order valence-electron chi connectivity index (χ3n) is 3.48. The highest BCUT2D eigenvalue weighted by Crippen LogP contribution is 2.36. The molecule has 0 saturated carbocycles. The molecule has 0 aliphatic carbocycles. The Morgan fingerprint density at radius 3 is 1.93 bits per heavy atom. The molecule has 28 heavy (non-hydrogen) atoms. The van der Waals surface area contributed by atoms with Crippen LogP contribution in [0.15, 0.2) is 36.4 Å². The summed E-state index contributed by atoms with van der Waals surface area (Å²) in [6.45, 7) is 0. The van der Waals surface area contributed by atoms with Crippen LogP contribution in [0.3, 0.4) is 0 Å². The number of hydrogen-bond donors (Lipinski definition) is 1.